The van der Waals surface area contributed by atoms with Crippen LogP contribution in [0, 0.1) is 10.1 Å². The van der Waals surface area contributed by atoms with Crippen molar-refractivity contribution in [2.75, 3.05) is 25.0 Å². The fraction of sp³-hybridized carbons (Fsp3) is 0.462. The number of non-ortho nitro benzene ring substituents is 1. The molecule has 0 spiro atoms. The molecule has 1 N–H and O–H groups in total. The molecule has 20 heavy (non-hydrogen) atoms. The average Bonchev–Trinajstić information content (AvgIpc) is 2.90. The molecule has 0 radical (unpaired) electrons. The molecule has 1 aromatic heterocycles. The van der Waals surface area contributed by atoms with Crippen LogP contribution in [0.1, 0.15) is 12.8 Å². The maximum absolute atomic E-state index is 10.8. The number of fused-ring (bicyclic) bond motifs is 1. The molecule has 2 heterocycles. The maximum atomic E-state index is 10.8. The summed E-state index contributed by atoms with van der Waals surface area (Å²) in [7, 11) is 2.05. The summed E-state index contributed by atoms with van der Waals surface area (Å²) in [6.45, 7) is 2.04. The molecule has 1 fully saturated rings. The quantitative estimate of drug-likeness (QED) is 0.694. The van der Waals surface area contributed by atoms with Crippen LogP contribution < -0.4 is 10.2 Å². The Morgan fingerprint density at radius 3 is 3.10 bits per heavy atom. The van der Waals surface area contributed by atoms with Crippen LogP contribution in [-0.4, -0.2) is 36.1 Å². The van der Waals surface area contributed by atoms with Crippen LogP contribution in [-0.2, 0) is 0 Å². The van der Waals surface area contributed by atoms with Gasteiger partial charge in [0.2, 0.25) is 0 Å². The molecule has 0 bridgehead atoms. The molecule has 1 saturated heterocycles. The monoisotopic (exact) mass is 292 g/mol. The van der Waals surface area contributed by atoms with Gasteiger partial charge in [-0.15, -0.1) is 0 Å². The van der Waals surface area contributed by atoms with Crippen LogP contribution in [0.15, 0.2) is 18.2 Å². The lowest BCUT2D eigenvalue weighted by molar-refractivity contribution is -0.384. The van der Waals surface area contributed by atoms with Crippen molar-refractivity contribution in [2.45, 2.75) is 18.9 Å². The first kappa shape index (κ1) is 13.3. The summed E-state index contributed by atoms with van der Waals surface area (Å²) in [4.78, 5) is 17.1. The Kier molecular flexibility index (Phi) is 3.54. The second-order valence-corrected chi connectivity index (χ2v) is 6.03. The number of thiazole rings is 1. The van der Waals surface area contributed by atoms with Crippen LogP contribution in [0.4, 0.5) is 10.8 Å². The number of aromatic nitrogens is 1. The number of nitro groups is 1. The van der Waals surface area contributed by atoms with Crippen LogP contribution in [0.5, 0.6) is 0 Å². The standard InChI is InChI=1S/C13H16N4O2S/c1-16(10-3-2-6-14-8-10)13-15-11-7-9(17(18)19)4-5-12(11)20-13/h4-5,7,10,14H,2-3,6,8H2,1H3. The van der Waals surface area contributed by atoms with Crippen molar-refractivity contribution in [3.63, 3.8) is 0 Å². The molecule has 7 heteroatoms. The van der Waals surface area contributed by atoms with Gasteiger partial charge in [0, 0.05) is 31.8 Å². The molecule has 0 amide bonds. The van der Waals surface area contributed by atoms with E-state index in [-0.39, 0.29) is 10.6 Å². The number of hydrogen-bond acceptors (Lipinski definition) is 6. The van der Waals surface area contributed by atoms with Gasteiger partial charge < -0.3 is 10.2 Å². The van der Waals surface area contributed by atoms with Crippen LogP contribution in [0.2, 0.25) is 0 Å². The predicted molar refractivity (Wildman–Crippen MR) is 80.6 cm³/mol. The second-order valence-electron chi connectivity index (χ2n) is 5.02. The topological polar surface area (TPSA) is 71.3 Å². The molecule has 3 rings (SSSR count). The lowest BCUT2D eigenvalue weighted by Gasteiger charge is -2.31. The number of hydrogen-bond donors (Lipinski definition) is 1. The Labute approximate surface area is 120 Å². The maximum Gasteiger partial charge on any atom is 0.271 e. The molecular formula is C13H16N4O2S. The molecule has 1 aromatic carbocycles. The highest BCUT2D eigenvalue weighted by Crippen LogP contribution is 2.32. The third-order valence-electron chi connectivity index (χ3n) is 3.69. The molecular weight excluding hydrogens is 276 g/mol. The Bertz CT molecular complexity index is 636. The van der Waals surface area contributed by atoms with Gasteiger partial charge in [0.25, 0.3) is 5.69 Å². The molecule has 1 aliphatic heterocycles. The van der Waals surface area contributed by atoms with Gasteiger partial charge in [-0.25, -0.2) is 4.98 Å². The van der Waals surface area contributed by atoms with Gasteiger partial charge in [-0.05, 0) is 25.5 Å². The van der Waals surface area contributed by atoms with E-state index in [0.717, 1.165) is 29.3 Å². The Morgan fingerprint density at radius 1 is 1.55 bits per heavy atom. The zero-order chi connectivity index (χ0) is 14.1. The van der Waals surface area contributed by atoms with Gasteiger partial charge in [0.05, 0.1) is 15.1 Å². The van der Waals surface area contributed by atoms with E-state index < -0.39 is 0 Å². The number of rotatable bonds is 3. The van der Waals surface area contributed by atoms with E-state index >= 15 is 0 Å². The van der Waals surface area contributed by atoms with Gasteiger partial charge in [0.1, 0.15) is 0 Å². The van der Waals surface area contributed by atoms with Crippen molar-refractivity contribution in [3.8, 4) is 0 Å². The third-order valence-corrected chi connectivity index (χ3v) is 4.82. The van der Waals surface area contributed by atoms with E-state index in [1.807, 2.05) is 7.05 Å². The van der Waals surface area contributed by atoms with Gasteiger partial charge in [-0.2, -0.15) is 0 Å². The molecule has 2 aromatic rings. The summed E-state index contributed by atoms with van der Waals surface area (Å²) >= 11 is 1.58. The number of nitro benzene ring substituents is 1. The first-order chi connectivity index (χ1) is 9.65. The molecule has 106 valence electrons. The highest BCUT2D eigenvalue weighted by Gasteiger charge is 2.21. The number of likely N-dealkylation sites (N-methyl/N-ethyl adjacent to an activating group) is 1. The van der Waals surface area contributed by atoms with E-state index in [2.05, 4.69) is 15.2 Å². The fourth-order valence-electron chi connectivity index (χ4n) is 2.49. The average molecular weight is 292 g/mol. The largest absolute Gasteiger partial charge is 0.347 e. The fourth-order valence-corrected chi connectivity index (χ4v) is 3.47. The number of benzene rings is 1. The van der Waals surface area contributed by atoms with Crippen molar-refractivity contribution < 1.29 is 4.92 Å². The van der Waals surface area contributed by atoms with Crippen molar-refractivity contribution >= 4 is 32.4 Å². The van der Waals surface area contributed by atoms with Crippen molar-refractivity contribution in [1.29, 1.82) is 0 Å². The van der Waals surface area contributed by atoms with Crippen LogP contribution >= 0.6 is 11.3 Å². The van der Waals surface area contributed by atoms with E-state index in [0.29, 0.717) is 11.6 Å². The highest BCUT2D eigenvalue weighted by atomic mass is 32.1. The number of piperidine rings is 1. The van der Waals surface area contributed by atoms with Gasteiger partial charge >= 0.3 is 0 Å². The minimum absolute atomic E-state index is 0.0938. The predicted octanol–water partition coefficient (Wildman–Crippen LogP) is 2.39. The minimum Gasteiger partial charge on any atom is -0.347 e. The van der Waals surface area contributed by atoms with E-state index in [4.69, 9.17) is 0 Å². The molecule has 0 aliphatic carbocycles. The minimum atomic E-state index is -0.382. The number of nitrogens with zero attached hydrogens (tertiary/aromatic N) is 3. The smallest absolute Gasteiger partial charge is 0.271 e. The Hall–Kier alpha value is -1.73. The molecule has 1 aliphatic rings. The lowest BCUT2D eigenvalue weighted by atomic mass is 10.1. The van der Waals surface area contributed by atoms with Crippen molar-refractivity contribution in [3.05, 3.63) is 28.3 Å². The molecule has 6 nitrogen and oxygen atoms in total. The van der Waals surface area contributed by atoms with Gasteiger partial charge in [0.15, 0.2) is 5.13 Å². The molecule has 0 saturated carbocycles. The summed E-state index contributed by atoms with van der Waals surface area (Å²) in [6.07, 6.45) is 2.32. The van der Waals surface area contributed by atoms with Crippen molar-refractivity contribution in [2.24, 2.45) is 0 Å². The van der Waals surface area contributed by atoms with Crippen molar-refractivity contribution in [1.82, 2.24) is 10.3 Å². The third kappa shape index (κ3) is 2.46. The molecule has 1 unspecified atom stereocenters. The lowest BCUT2D eigenvalue weighted by Crippen LogP contribution is -2.44. The first-order valence-corrected chi connectivity index (χ1v) is 7.45. The first-order valence-electron chi connectivity index (χ1n) is 6.63. The second kappa shape index (κ2) is 5.34. The normalized spacial score (nSPS) is 19.1. The van der Waals surface area contributed by atoms with E-state index in [1.165, 1.54) is 12.5 Å². The van der Waals surface area contributed by atoms with Crippen LogP contribution in [0.3, 0.4) is 0 Å². The summed E-state index contributed by atoms with van der Waals surface area (Å²) in [5.74, 6) is 0. The number of nitrogens with one attached hydrogen (secondary N) is 1. The summed E-state index contributed by atoms with van der Waals surface area (Å²) in [5.41, 5.74) is 0.797. The Morgan fingerprint density at radius 2 is 2.40 bits per heavy atom. The van der Waals surface area contributed by atoms with Crippen LogP contribution in [0.25, 0.3) is 10.2 Å². The Balaban J connectivity index is 1.89. The highest BCUT2D eigenvalue weighted by molar-refractivity contribution is 7.22. The zero-order valence-electron chi connectivity index (χ0n) is 11.2. The SMILES string of the molecule is CN(c1nc2cc([N+](=O)[O-])ccc2s1)C1CCCNC1. The summed E-state index contributed by atoms with van der Waals surface area (Å²) in [5, 5.41) is 15.1. The van der Waals surface area contributed by atoms with Gasteiger partial charge in [-0.1, -0.05) is 11.3 Å². The van der Waals surface area contributed by atoms with E-state index in [1.54, 1.807) is 23.5 Å². The van der Waals surface area contributed by atoms with E-state index in [9.17, 15) is 10.1 Å². The number of anilines is 1. The summed E-state index contributed by atoms with van der Waals surface area (Å²) < 4.78 is 0.987. The van der Waals surface area contributed by atoms with Gasteiger partial charge in [-0.3, -0.25) is 10.1 Å². The molecule has 1 atom stereocenters. The summed E-state index contributed by atoms with van der Waals surface area (Å²) in [6, 6.07) is 5.30. The zero-order valence-corrected chi connectivity index (χ0v) is 12.0.